The third kappa shape index (κ3) is 3.69. The largest absolute Gasteiger partial charge is 0.505 e. The number of phenols is 1. The fraction of sp³-hybridized carbons (Fsp3) is 0.474. The molecule has 1 unspecified atom stereocenters. The highest BCUT2D eigenvalue weighted by Gasteiger charge is 2.40. The van der Waals surface area contributed by atoms with Crippen molar-refractivity contribution in [3.8, 4) is 5.75 Å². The van der Waals surface area contributed by atoms with Crippen LogP contribution in [-0.4, -0.2) is 59.3 Å². The summed E-state index contributed by atoms with van der Waals surface area (Å²) in [6, 6.07) is 4.07. The van der Waals surface area contributed by atoms with Crippen LogP contribution in [0.5, 0.6) is 5.75 Å². The number of hydrogen-bond acceptors (Lipinski definition) is 4. The van der Waals surface area contributed by atoms with E-state index in [1.165, 1.54) is 12.1 Å². The van der Waals surface area contributed by atoms with Crippen molar-refractivity contribution in [1.82, 2.24) is 9.80 Å². The number of aliphatic hydroxyl groups is 1. The van der Waals surface area contributed by atoms with Crippen LogP contribution < -0.4 is 0 Å². The second-order valence-corrected chi connectivity index (χ2v) is 7.02. The van der Waals surface area contributed by atoms with Gasteiger partial charge in [0.05, 0.1) is 6.10 Å². The molecule has 130 valence electrons. The van der Waals surface area contributed by atoms with Crippen LogP contribution in [-0.2, 0) is 0 Å². The molecular weight excluding hydrogens is 307 g/mol. The first kappa shape index (κ1) is 17.1. The Morgan fingerprint density at radius 1 is 1.25 bits per heavy atom. The van der Waals surface area contributed by atoms with E-state index < -0.39 is 11.9 Å². The summed E-state index contributed by atoms with van der Waals surface area (Å²) in [4.78, 5) is 4.67. The lowest BCUT2D eigenvalue weighted by molar-refractivity contribution is 0.119. The zero-order valence-corrected chi connectivity index (χ0v) is 13.9. The molecule has 1 aromatic carbocycles. The molecule has 0 radical (unpaired) electrons. The van der Waals surface area contributed by atoms with Crippen LogP contribution in [0.4, 0.5) is 4.39 Å². The van der Waals surface area contributed by atoms with E-state index >= 15 is 0 Å². The Hall–Kier alpha value is -1.69. The molecule has 2 saturated heterocycles. The molecule has 0 aromatic heterocycles. The number of aromatic hydroxyl groups is 1. The summed E-state index contributed by atoms with van der Waals surface area (Å²) in [5, 5.41) is 19.6. The van der Waals surface area contributed by atoms with Crippen LogP contribution in [0.15, 0.2) is 43.0 Å². The van der Waals surface area contributed by atoms with Crippen molar-refractivity contribution in [3.05, 3.63) is 54.4 Å². The fourth-order valence-electron chi connectivity index (χ4n) is 3.90. The van der Waals surface area contributed by atoms with Gasteiger partial charge in [0.1, 0.15) is 0 Å². The van der Waals surface area contributed by atoms with E-state index in [0.29, 0.717) is 23.9 Å². The van der Waals surface area contributed by atoms with E-state index in [4.69, 9.17) is 0 Å². The van der Waals surface area contributed by atoms with E-state index in [2.05, 4.69) is 23.0 Å². The Bertz CT molecular complexity index is 620. The second kappa shape index (κ2) is 7.05. The summed E-state index contributed by atoms with van der Waals surface area (Å²) < 4.78 is 13.4. The molecule has 0 saturated carbocycles. The Labute approximate surface area is 142 Å². The van der Waals surface area contributed by atoms with Crippen LogP contribution >= 0.6 is 0 Å². The Morgan fingerprint density at radius 3 is 2.46 bits per heavy atom. The number of β-amino-alcohol motifs (C(OH)–C–C–N with tert-alkyl or cyclic N) is 1. The molecule has 2 N–H and O–H groups in total. The maximum atomic E-state index is 13.4. The zero-order valence-electron chi connectivity index (χ0n) is 13.9. The lowest BCUT2D eigenvalue weighted by Gasteiger charge is -2.23. The highest BCUT2D eigenvalue weighted by molar-refractivity contribution is 5.29. The molecule has 2 heterocycles. The number of nitrogens with zero attached hydrogens (tertiary/aromatic N) is 2. The number of phenolic OH excluding ortho intramolecular Hbond substituents is 1. The lowest BCUT2D eigenvalue weighted by atomic mass is 10.0. The van der Waals surface area contributed by atoms with Crippen LogP contribution in [0.2, 0.25) is 0 Å². The molecule has 3 rings (SSSR count). The minimum absolute atomic E-state index is 0.386. The minimum atomic E-state index is -0.740. The van der Waals surface area contributed by atoms with Crippen molar-refractivity contribution in [2.45, 2.75) is 6.10 Å². The van der Waals surface area contributed by atoms with Gasteiger partial charge in [0, 0.05) is 39.3 Å². The van der Waals surface area contributed by atoms with Gasteiger partial charge in [0.15, 0.2) is 11.6 Å². The summed E-state index contributed by atoms with van der Waals surface area (Å²) in [5.74, 6) is 0.156. The number of benzene rings is 1. The first-order valence-corrected chi connectivity index (χ1v) is 8.37. The molecule has 5 heteroatoms. The Kier molecular flexibility index (Phi) is 5.04. The SMILES string of the molecule is C=CC(=C)CN1C[C@@H]2CN(CC(O)c3ccc(O)c(F)c3)C[C@@H]2C1. The van der Waals surface area contributed by atoms with Crippen LogP contribution in [0.3, 0.4) is 0 Å². The molecule has 2 aliphatic heterocycles. The molecular formula is C19H25FN2O2. The monoisotopic (exact) mass is 332 g/mol. The van der Waals surface area contributed by atoms with E-state index in [1.54, 1.807) is 6.07 Å². The van der Waals surface area contributed by atoms with Crippen molar-refractivity contribution in [1.29, 1.82) is 0 Å². The first-order chi connectivity index (χ1) is 11.5. The van der Waals surface area contributed by atoms with E-state index in [-0.39, 0.29) is 5.75 Å². The van der Waals surface area contributed by atoms with E-state index in [1.807, 2.05) is 6.08 Å². The maximum Gasteiger partial charge on any atom is 0.165 e. The van der Waals surface area contributed by atoms with Gasteiger partial charge < -0.3 is 10.2 Å². The number of aliphatic hydroxyl groups excluding tert-OH is 1. The average Bonchev–Trinajstić information content (AvgIpc) is 3.07. The number of rotatable bonds is 6. The average molecular weight is 332 g/mol. The third-order valence-electron chi connectivity index (χ3n) is 5.14. The van der Waals surface area contributed by atoms with Gasteiger partial charge in [-0.1, -0.05) is 25.3 Å². The number of likely N-dealkylation sites (tertiary alicyclic amines) is 2. The van der Waals surface area contributed by atoms with Gasteiger partial charge in [0.2, 0.25) is 0 Å². The zero-order chi connectivity index (χ0) is 17.3. The smallest absolute Gasteiger partial charge is 0.165 e. The molecule has 0 aliphatic carbocycles. The molecule has 2 aliphatic rings. The van der Waals surface area contributed by atoms with Crippen LogP contribution in [0.25, 0.3) is 0 Å². The Balaban J connectivity index is 1.52. The van der Waals surface area contributed by atoms with Gasteiger partial charge in [-0.15, -0.1) is 0 Å². The molecule has 4 nitrogen and oxygen atoms in total. The van der Waals surface area contributed by atoms with Gasteiger partial charge in [-0.2, -0.15) is 0 Å². The lowest BCUT2D eigenvalue weighted by Crippen LogP contribution is -2.32. The first-order valence-electron chi connectivity index (χ1n) is 8.37. The number of halogens is 1. The van der Waals surface area contributed by atoms with Gasteiger partial charge in [-0.05, 0) is 35.1 Å². The number of fused-ring (bicyclic) bond motifs is 1. The molecule has 1 aromatic rings. The molecule has 0 amide bonds. The molecule has 3 atom stereocenters. The van der Waals surface area contributed by atoms with Crippen molar-refractivity contribution in [2.24, 2.45) is 11.8 Å². The summed E-state index contributed by atoms with van der Waals surface area (Å²) in [6.45, 7) is 13.1. The van der Waals surface area contributed by atoms with Crippen LogP contribution in [0, 0.1) is 17.7 Å². The van der Waals surface area contributed by atoms with Crippen molar-refractivity contribution in [3.63, 3.8) is 0 Å². The third-order valence-corrected chi connectivity index (χ3v) is 5.14. The molecule has 0 spiro atoms. The molecule has 0 bridgehead atoms. The Morgan fingerprint density at radius 2 is 1.88 bits per heavy atom. The normalized spacial score (nSPS) is 25.6. The van der Waals surface area contributed by atoms with Crippen molar-refractivity contribution < 1.29 is 14.6 Å². The maximum absolute atomic E-state index is 13.4. The minimum Gasteiger partial charge on any atom is -0.505 e. The summed E-state index contributed by atoms with van der Waals surface area (Å²) in [6.07, 6.45) is 1.07. The molecule has 2 fully saturated rings. The number of hydrogen-bond donors (Lipinski definition) is 2. The van der Waals surface area contributed by atoms with Gasteiger partial charge in [-0.3, -0.25) is 9.80 Å². The van der Waals surface area contributed by atoms with Crippen molar-refractivity contribution >= 4 is 0 Å². The summed E-state index contributed by atoms with van der Waals surface area (Å²) in [7, 11) is 0. The quantitative estimate of drug-likeness (QED) is 0.784. The predicted octanol–water partition coefficient (Wildman–Crippen LogP) is 2.17. The highest BCUT2D eigenvalue weighted by Crippen LogP contribution is 2.32. The van der Waals surface area contributed by atoms with E-state index in [9.17, 15) is 14.6 Å². The highest BCUT2D eigenvalue weighted by atomic mass is 19.1. The summed E-state index contributed by atoms with van der Waals surface area (Å²) in [5.41, 5.74) is 1.56. The van der Waals surface area contributed by atoms with Gasteiger partial charge >= 0.3 is 0 Å². The topological polar surface area (TPSA) is 46.9 Å². The van der Waals surface area contributed by atoms with Crippen molar-refractivity contribution in [2.75, 3.05) is 39.3 Å². The van der Waals surface area contributed by atoms with Crippen LogP contribution in [0.1, 0.15) is 11.7 Å². The van der Waals surface area contributed by atoms with Gasteiger partial charge in [0.25, 0.3) is 0 Å². The summed E-state index contributed by atoms with van der Waals surface area (Å²) >= 11 is 0. The molecule has 24 heavy (non-hydrogen) atoms. The fourth-order valence-corrected chi connectivity index (χ4v) is 3.90. The second-order valence-electron chi connectivity index (χ2n) is 7.02. The van der Waals surface area contributed by atoms with E-state index in [0.717, 1.165) is 38.3 Å². The standard InChI is InChI=1S/C19H25FN2O2/c1-3-13(2)7-21-8-15-10-22(11-16(15)9-21)12-19(24)14-4-5-18(23)17(20)6-14/h3-6,15-16,19,23-24H,1-2,7-12H2/t15-,16+,19?. The van der Waals surface area contributed by atoms with Gasteiger partial charge in [-0.25, -0.2) is 4.39 Å². The predicted molar refractivity (Wildman–Crippen MR) is 92.2 cm³/mol.